The minimum atomic E-state index is -0.694. The Morgan fingerprint density at radius 2 is 1.77 bits per heavy atom. The number of rotatable bonds is 2. The highest BCUT2D eigenvalue weighted by molar-refractivity contribution is 6.12. The van der Waals surface area contributed by atoms with Crippen molar-refractivity contribution in [3.05, 3.63) is 59.3 Å². The van der Waals surface area contributed by atoms with Crippen LogP contribution < -0.4 is 14.8 Å². The summed E-state index contributed by atoms with van der Waals surface area (Å²) in [5, 5.41) is 3.79. The minimum Gasteiger partial charge on any atom is -0.449 e. The molecule has 132 valence electrons. The monoisotopic (exact) mass is 348 g/mol. The summed E-state index contributed by atoms with van der Waals surface area (Å²) in [7, 11) is 0. The van der Waals surface area contributed by atoms with Crippen molar-refractivity contribution < 1.29 is 14.3 Å². The Morgan fingerprint density at radius 3 is 2.58 bits per heavy atom. The van der Waals surface area contributed by atoms with Gasteiger partial charge in [0.1, 0.15) is 0 Å². The van der Waals surface area contributed by atoms with E-state index in [0.29, 0.717) is 22.7 Å². The lowest BCUT2D eigenvalue weighted by Gasteiger charge is -2.16. The van der Waals surface area contributed by atoms with Gasteiger partial charge in [-0.05, 0) is 44.2 Å². The molecular formula is C21H20N2O3. The molecule has 1 aromatic heterocycles. The maximum Gasteiger partial charge on any atom is 0.256 e. The smallest absolute Gasteiger partial charge is 0.256 e. The van der Waals surface area contributed by atoms with Gasteiger partial charge in [0, 0.05) is 36.7 Å². The summed E-state index contributed by atoms with van der Waals surface area (Å²) in [4.78, 5) is 17.4. The highest BCUT2D eigenvalue weighted by Crippen LogP contribution is 2.40. The summed E-state index contributed by atoms with van der Waals surface area (Å²) in [5.41, 5.74) is 3.97. The number of aryl methyl sites for hydroxylation is 2. The summed E-state index contributed by atoms with van der Waals surface area (Å²) in [6, 6.07) is 13.1. The third kappa shape index (κ3) is 2.96. The van der Waals surface area contributed by atoms with Crippen molar-refractivity contribution in [2.24, 2.45) is 0 Å². The van der Waals surface area contributed by atoms with Gasteiger partial charge < -0.3 is 14.8 Å². The second-order valence-corrected chi connectivity index (χ2v) is 7.05. The van der Waals surface area contributed by atoms with E-state index >= 15 is 0 Å². The van der Waals surface area contributed by atoms with Crippen molar-refractivity contribution in [2.45, 2.75) is 33.5 Å². The number of aromatic nitrogens is 1. The zero-order valence-electron chi connectivity index (χ0n) is 15.2. The van der Waals surface area contributed by atoms with Crippen LogP contribution in [0.1, 0.15) is 35.5 Å². The lowest BCUT2D eigenvalue weighted by Crippen LogP contribution is -2.29. The zero-order valence-corrected chi connectivity index (χ0v) is 15.2. The fourth-order valence-electron chi connectivity index (χ4n) is 3.16. The molecule has 0 bridgehead atoms. The number of anilines is 1. The standard InChI is InChI=1S/C21H20N2O3/c1-12-5-7-17-15(9-12)16(10-13(2)22-17)20(24)23-14-6-8-18-19(11-14)26-21(3,4)25-18/h5-11H,1-4H3,(H,23,24). The molecule has 0 fully saturated rings. The van der Waals surface area contributed by atoms with E-state index < -0.39 is 5.79 Å². The molecule has 5 heteroatoms. The van der Waals surface area contributed by atoms with Crippen molar-refractivity contribution in [3.63, 3.8) is 0 Å². The number of nitrogens with zero attached hydrogens (tertiary/aromatic N) is 1. The largest absolute Gasteiger partial charge is 0.449 e. The average Bonchev–Trinajstić information content (AvgIpc) is 2.87. The van der Waals surface area contributed by atoms with E-state index in [-0.39, 0.29) is 5.91 Å². The molecule has 0 unspecified atom stereocenters. The van der Waals surface area contributed by atoms with Crippen molar-refractivity contribution in [3.8, 4) is 11.5 Å². The fourth-order valence-corrected chi connectivity index (χ4v) is 3.16. The predicted octanol–water partition coefficient (Wildman–Crippen LogP) is 4.61. The van der Waals surface area contributed by atoms with E-state index in [0.717, 1.165) is 22.2 Å². The van der Waals surface area contributed by atoms with E-state index in [9.17, 15) is 4.79 Å². The van der Waals surface area contributed by atoms with Gasteiger partial charge >= 0.3 is 0 Å². The number of fused-ring (bicyclic) bond motifs is 2. The van der Waals surface area contributed by atoms with Crippen LogP contribution in [0.3, 0.4) is 0 Å². The number of amides is 1. The first kappa shape index (κ1) is 16.4. The molecule has 0 aliphatic carbocycles. The van der Waals surface area contributed by atoms with Crippen molar-refractivity contribution in [2.75, 3.05) is 5.32 Å². The van der Waals surface area contributed by atoms with Gasteiger partial charge in [-0.1, -0.05) is 11.6 Å². The predicted molar refractivity (Wildman–Crippen MR) is 101 cm³/mol. The third-order valence-electron chi connectivity index (χ3n) is 4.25. The Kier molecular flexibility index (Phi) is 3.61. The number of pyridine rings is 1. The van der Waals surface area contributed by atoms with Gasteiger partial charge in [0.25, 0.3) is 5.91 Å². The molecule has 1 aliphatic heterocycles. The average molecular weight is 348 g/mol. The van der Waals surface area contributed by atoms with Crippen LogP contribution in [-0.2, 0) is 0 Å². The van der Waals surface area contributed by atoms with Crippen LogP contribution in [0.4, 0.5) is 5.69 Å². The van der Waals surface area contributed by atoms with Crippen LogP contribution in [0.2, 0.25) is 0 Å². The number of ether oxygens (including phenoxy) is 2. The zero-order chi connectivity index (χ0) is 18.5. The molecule has 26 heavy (non-hydrogen) atoms. The Balaban J connectivity index is 1.68. The molecule has 0 saturated carbocycles. The van der Waals surface area contributed by atoms with E-state index in [1.807, 2.05) is 58.0 Å². The second-order valence-electron chi connectivity index (χ2n) is 7.05. The van der Waals surface area contributed by atoms with Crippen molar-refractivity contribution in [1.29, 1.82) is 0 Å². The van der Waals surface area contributed by atoms with Gasteiger partial charge in [-0.3, -0.25) is 9.78 Å². The highest BCUT2D eigenvalue weighted by Gasteiger charge is 2.31. The van der Waals surface area contributed by atoms with E-state index in [1.54, 1.807) is 12.1 Å². The Bertz CT molecular complexity index is 1040. The summed E-state index contributed by atoms with van der Waals surface area (Å²) in [6.45, 7) is 7.58. The van der Waals surface area contributed by atoms with E-state index in [1.165, 1.54) is 0 Å². The topological polar surface area (TPSA) is 60.5 Å². The first-order valence-electron chi connectivity index (χ1n) is 8.52. The summed E-state index contributed by atoms with van der Waals surface area (Å²) >= 11 is 0. The number of benzene rings is 2. The first-order chi connectivity index (χ1) is 12.3. The third-order valence-corrected chi connectivity index (χ3v) is 4.25. The number of carbonyl (C=O) groups is 1. The highest BCUT2D eigenvalue weighted by atomic mass is 16.7. The Labute approximate surface area is 152 Å². The molecule has 0 radical (unpaired) electrons. The summed E-state index contributed by atoms with van der Waals surface area (Å²) in [6.07, 6.45) is 0. The fraction of sp³-hybridized carbons (Fsp3) is 0.238. The van der Waals surface area contributed by atoms with E-state index in [4.69, 9.17) is 9.47 Å². The molecular weight excluding hydrogens is 328 g/mol. The van der Waals surface area contributed by atoms with Gasteiger partial charge in [-0.2, -0.15) is 0 Å². The molecule has 3 aromatic rings. The maximum atomic E-state index is 12.9. The summed E-state index contributed by atoms with van der Waals surface area (Å²) in [5.74, 6) is 0.429. The van der Waals surface area contributed by atoms with Crippen LogP contribution in [0.15, 0.2) is 42.5 Å². The molecule has 2 heterocycles. The SMILES string of the molecule is Cc1ccc2nc(C)cc(C(=O)Nc3ccc4c(c3)OC(C)(C)O4)c2c1. The quantitative estimate of drug-likeness (QED) is 0.734. The lowest BCUT2D eigenvalue weighted by atomic mass is 10.0. The lowest BCUT2D eigenvalue weighted by molar-refractivity contribution is -0.0431. The Morgan fingerprint density at radius 1 is 1.00 bits per heavy atom. The van der Waals surface area contributed by atoms with Gasteiger partial charge in [-0.15, -0.1) is 0 Å². The number of carbonyl (C=O) groups excluding carboxylic acids is 1. The number of nitrogens with one attached hydrogen (secondary N) is 1. The van der Waals surface area contributed by atoms with Crippen LogP contribution in [-0.4, -0.2) is 16.7 Å². The van der Waals surface area contributed by atoms with Crippen LogP contribution >= 0.6 is 0 Å². The molecule has 0 saturated heterocycles. The maximum absolute atomic E-state index is 12.9. The normalized spacial score (nSPS) is 14.5. The van der Waals surface area contributed by atoms with Crippen molar-refractivity contribution >= 4 is 22.5 Å². The van der Waals surface area contributed by atoms with Gasteiger partial charge in [0.05, 0.1) is 11.1 Å². The van der Waals surface area contributed by atoms with Crippen LogP contribution in [0.25, 0.3) is 10.9 Å². The minimum absolute atomic E-state index is 0.177. The molecule has 0 spiro atoms. The van der Waals surface area contributed by atoms with Crippen molar-refractivity contribution in [1.82, 2.24) is 4.98 Å². The van der Waals surface area contributed by atoms with Gasteiger partial charge in [-0.25, -0.2) is 0 Å². The molecule has 1 N–H and O–H groups in total. The molecule has 1 amide bonds. The second kappa shape index (κ2) is 5.73. The number of hydrogen-bond donors (Lipinski definition) is 1. The molecule has 2 aromatic carbocycles. The molecule has 4 rings (SSSR count). The Hall–Kier alpha value is -3.08. The summed E-state index contributed by atoms with van der Waals surface area (Å²) < 4.78 is 11.4. The van der Waals surface area contributed by atoms with Gasteiger partial charge in [0.15, 0.2) is 11.5 Å². The molecule has 5 nitrogen and oxygen atoms in total. The van der Waals surface area contributed by atoms with E-state index in [2.05, 4.69) is 10.3 Å². The van der Waals surface area contributed by atoms with Crippen LogP contribution in [0, 0.1) is 13.8 Å². The molecule has 1 aliphatic rings. The first-order valence-corrected chi connectivity index (χ1v) is 8.52. The molecule has 0 atom stereocenters. The van der Waals surface area contributed by atoms with Gasteiger partial charge in [0.2, 0.25) is 5.79 Å². The number of hydrogen-bond acceptors (Lipinski definition) is 4. The van der Waals surface area contributed by atoms with Crippen LogP contribution in [0.5, 0.6) is 11.5 Å².